The lowest BCUT2D eigenvalue weighted by molar-refractivity contribution is 0.0597. The molecule has 0 bridgehead atoms. The van der Waals surface area contributed by atoms with Crippen molar-refractivity contribution < 1.29 is 13.6 Å². The molecule has 1 saturated heterocycles. The maximum atomic E-state index is 13.7. The number of para-hydroxylation sites is 1. The third-order valence-electron chi connectivity index (χ3n) is 6.14. The first-order valence-electron chi connectivity index (χ1n) is 11.0. The Hall–Kier alpha value is -3.81. The maximum absolute atomic E-state index is 13.7. The number of likely N-dealkylation sites (tertiary alicyclic amines) is 1. The molecular formula is C25H24FN5O2. The van der Waals surface area contributed by atoms with Crippen LogP contribution in [0.25, 0.3) is 17.0 Å². The average Bonchev–Trinajstić information content (AvgIpc) is 3.55. The monoisotopic (exact) mass is 445 g/mol. The summed E-state index contributed by atoms with van der Waals surface area (Å²) in [6.45, 7) is 1.78. The molecule has 33 heavy (non-hydrogen) atoms. The van der Waals surface area contributed by atoms with Crippen molar-refractivity contribution in [2.24, 2.45) is 0 Å². The molecule has 3 heterocycles. The molecule has 2 aromatic carbocycles. The van der Waals surface area contributed by atoms with Gasteiger partial charge in [-0.1, -0.05) is 42.5 Å². The second-order valence-corrected chi connectivity index (χ2v) is 8.24. The van der Waals surface area contributed by atoms with E-state index in [1.54, 1.807) is 18.5 Å². The van der Waals surface area contributed by atoms with Gasteiger partial charge in [0.05, 0.1) is 29.6 Å². The van der Waals surface area contributed by atoms with Gasteiger partial charge in [-0.05, 0) is 31.9 Å². The highest BCUT2D eigenvalue weighted by Crippen LogP contribution is 2.35. The molecule has 1 fully saturated rings. The van der Waals surface area contributed by atoms with Crippen molar-refractivity contribution in [1.82, 2.24) is 24.9 Å². The van der Waals surface area contributed by atoms with Gasteiger partial charge in [0, 0.05) is 18.2 Å². The second-order valence-electron chi connectivity index (χ2n) is 8.24. The molecule has 1 amide bonds. The van der Waals surface area contributed by atoms with E-state index in [2.05, 4.69) is 15.2 Å². The minimum absolute atomic E-state index is 0.0524. The molecule has 2 aromatic heterocycles. The fourth-order valence-corrected chi connectivity index (χ4v) is 4.37. The van der Waals surface area contributed by atoms with Crippen LogP contribution in [0.5, 0.6) is 0 Å². The minimum Gasteiger partial charge on any atom is -0.440 e. The number of nitrogens with zero attached hydrogens (tertiary/aromatic N) is 5. The minimum atomic E-state index is -0.705. The highest BCUT2D eigenvalue weighted by molar-refractivity contribution is 5.98. The van der Waals surface area contributed by atoms with Gasteiger partial charge in [0.25, 0.3) is 5.91 Å². The number of piperidine rings is 1. The van der Waals surface area contributed by atoms with Crippen LogP contribution in [0.1, 0.15) is 47.6 Å². The largest absolute Gasteiger partial charge is 0.440 e. The number of hydrogen-bond acceptors (Lipinski definition) is 5. The van der Waals surface area contributed by atoms with Gasteiger partial charge in [0.15, 0.2) is 11.7 Å². The lowest BCUT2D eigenvalue weighted by atomic mass is 9.92. The Morgan fingerprint density at radius 3 is 2.55 bits per heavy atom. The number of amides is 1. The van der Waals surface area contributed by atoms with Crippen molar-refractivity contribution in [3.63, 3.8) is 0 Å². The predicted octanol–water partition coefficient (Wildman–Crippen LogP) is 4.80. The highest BCUT2D eigenvalue weighted by atomic mass is 19.1. The molecule has 0 saturated carbocycles. The summed E-state index contributed by atoms with van der Waals surface area (Å²) in [5.41, 5.74) is 2.25. The van der Waals surface area contributed by atoms with E-state index in [1.807, 2.05) is 60.4 Å². The summed E-state index contributed by atoms with van der Waals surface area (Å²) in [6.07, 6.45) is 4.77. The van der Waals surface area contributed by atoms with Gasteiger partial charge in [0.1, 0.15) is 12.4 Å². The third kappa shape index (κ3) is 4.04. The maximum Gasteiger partial charge on any atom is 0.256 e. The first-order valence-corrected chi connectivity index (χ1v) is 11.0. The molecule has 5 rings (SSSR count). The van der Waals surface area contributed by atoms with Crippen molar-refractivity contribution in [1.29, 1.82) is 0 Å². The van der Waals surface area contributed by atoms with E-state index >= 15 is 0 Å². The van der Waals surface area contributed by atoms with Gasteiger partial charge in [0.2, 0.25) is 0 Å². The molecule has 168 valence electrons. The van der Waals surface area contributed by atoms with Gasteiger partial charge in [-0.25, -0.2) is 9.37 Å². The van der Waals surface area contributed by atoms with Gasteiger partial charge >= 0.3 is 0 Å². The van der Waals surface area contributed by atoms with Crippen LogP contribution in [0, 0.1) is 0 Å². The zero-order chi connectivity index (χ0) is 22.8. The number of carbonyl (C=O) groups excluding carboxylic acids is 1. The lowest BCUT2D eigenvalue weighted by Gasteiger charge is -2.37. The van der Waals surface area contributed by atoms with E-state index in [1.165, 1.54) is 4.80 Å². The third-order valence-corrected chi connectivity index (χ3v) is 6.14. The van der Waals surface area contributed by atoms with Crippen molar-refractivity contribution >= 4 is 5.91 Å². The smallest absolute Gasteiger partial charge is 0.256 e. The van der Waals surface area contributed by atoms with Gasteiger partial charge in [-0.2, -0.15) is 15.0 Å². The predicted molar refractivity (Wildman–Crippen MR) is 121 cm³/mol. The molecule has 4 aromatic rings. The molecule has 1 aliphatic heterocycles. The van der Waals surface area contributed by atoms with Crippen molar-refractivity contribution in [3.05, 3.63) is 84.1 Å². The molecule has 1 unspecified atom stereocenters. The van der Waals surface area contributed by atoms with Crippen molar-refractivity contribution in [3.8, 4) is 17.0 Å². The Kier molecular flexibility index (Phi) is 5.73. The van der Waals surface area contributed by atoms with Gasteiger partial charge < -0.3 is 9.32 Å². The summed E-state index contributed by atoms with van der Waals surface area (Å²) in [6, 6.07) is 16.8. The first-order chi connectivity index (χ1) is 16.2. The molecule has 1 aliphatic rings. The molecule has 8 heteroatoms. The van der Waals surface area contributed by atoms with Crippen molar-refractivity contribution in [2.45, 2.75) is 38.4 Å². The normalized spacial score (nSPS) is 18.4. The molecule has 0 aliphatic carbocycles. The van der Waals surface area contributed by atoms with Crippen molar-refractivity contribution in [2.75, 3.05) is 6.54 Å². The Morgan fingerprint density at radius 2 is 1.79 bits per heavy atom. The number of benzene rings is 2. The van der Waals surface area contributed by atoms with E-state index in [9.17, 15) is 9.18 Å². The summed E-state index contributed by atoms with van der Waals surface area (Å²) in [7, 11) is 0. The summed E-state index contributed by atoms with van der Waals surface area (Å²) in [4.78, 5) is 21.4. The standard InChI is InChI=1S/C25H24FN5O2/c1-17-11-12-19(24-29-21(15-26)23(33-24)18-7-3-2-4-8-18)16-30(17)25(32)20-9-5-6-10-22(20)31-27-13-14-28-31/h2-10,13-14,17,19H,11-12,15-16H2,1H3/t17-,19?/m1/s1. The van der Waals surface area contributed by atoms with Crippen LogP contribution in [-0.4, -0.2) is 43.4 Å². The Balaban J connectivity index is 1.43. The van der Waals surface area contributed by atoms with Crippen LogP contribution in [0.3, 0.4) is 0 Å². The highest BCUT2D eigenvalue weighted by Gasteiger charge is 2.34. The van der Waals surface area contributed by atoms with E-state index in [4.69, 9.17) is 4.42 Å². The molecular weight excluding hydrogens is 421 g/mol. The fourth-order valence-electron chi connectivity index (χ4n) is 4.37. The van der Waals surface area contributed by atoms with E-state index in [0.717, 1.165) is 18.4 Å². The number of aromatic nitrogens is 4. The summed E-state index contributed by atoms with van der Waals surface area (Å²) in [5, 5.41) is 8.36. The fraction of sp³-hybridized carbons (Fsp3) is 0.280. The lowest BCUT2D eigenvalue weighted by Crippen LogP contribution is -2.45. The number of rotatable bonds is 5. The number of halogens is 1. The molecule has 0 radical (unpaired) electrons. The van der Waals surface area contributed by atoms with Crippen LogP contribution in [0.15, 0.2) is 71.4 Å². The van der Waals surface area contributed by atoms with Crippen LogP contribution in [0.4, 0.5) is 4.39 Å². The second kappa shape index (κ2) is 8.97. The SMILES string of the molecule is C[C@@H]1CCC(c2nc(CF)c(-c3ccccc3)o2)CN1C(=O)c1ccccc1-n1nccn1. The van der Waals surface area contributed by atoms with E-state index < -0.39 is 6.67 Å². The summed E-state index contributed by atoms with van der Waals surface area (Å²) < 4.78 is 19.8. The number of carbonyl (C=O) groups is 1. The molecule has 2 atom stereocenters. The summed E-state index contributed by atoms with van der Waals surface area (Å²) >= 11 is 0. The van der Waals surface area contributed by atoms with E-state index in [0.29, 0.717) is 35.1 Å². The van der Waals surface area contributed by atoms with Crippen LogP contribution >= 0.6 is 0 Å². The quantitative estimate of drug-likeness (QED) is 0.441. The first kappa shape index (κ1) is 21.1. The van der Waals surface area contributed by atoms with Crippen LogP contribution < -0.4 is 0 Å². The molecule has 0 spiro atoms. The summed E-state index contributed by atoms with van der Waals surface area (Å²) in [5.74, 6) is 0.733. The Bertz CT molecular complexity index is 1240. The number of hydrogen-bond donors (Lipinski definition) is 0. The van der Waals surface area contributed by atoms with Gasteiger partial charge in [-0.15, -0.1) is 0 Å². The Labute approximate surface area is 190 Å². The number of oxazole rings is 1. The average molecular weight is 445 g/mol. The van der Waals surface area contributed by atoms with E-state index in [-0.39, 0.29) is 17.9 Å². The molecule has 0 N–H and O–H groups in total. The van der Waals surface area contributed by atoms with Crippen LogP contribution in [-0.2, 0) is 6.67 Å². The molecule has 7 nitrogen and oxygen atoms in total. The number of alkyl halides is 1. The topological polar surface area (TPSA) is 77.0 Å². The zero-order valence-electron chi connectivity index (χ0n) is 18.3. The van der Waals surface area contributed by atoms with Crippen LogP contribution in [0.2, 0.25) is 0 Å². The Morgan fingerprint density at radius 1 is 1.06 bits per heavy atom. The zero-order valence-corrected chi connectivity index (χ0v) is 18.3. The van der Waals surface area contributed by atoms with Gasteiger partial charge in [-0.3, -0.25) is 4.79 Å².